The van der Waals surface area contributed by atoms with E-state index in [1.807, 2.05) is 0 Å². The molecule has 0 aliphatic carbocycles. The van der Waals surface area contributed by atoms with E-state index in [1.54, 1.807) is 6.92 Å². The van der Waals surface area contributed by atoms with Crippen LogP contribution in [0.4, 0.5) is 5.69 Å². The van der Waals surface area contributed by atoms with Gasteiger partial charge in [0.1, 0.15) is 10.6 Å². The molecule has 0 saturated heterocycles. The van der Waals surface area contributed by atoms with Crippen molar-refractivity contribution in [3.63, 3.8) is 0 Å². The number of sulfonamides is 1. The Morgan fingerprint density at radius 2 is 2.04 bits per heavy atom. The molecule has 0 aliphatic heterocycles. The van der Waals surface area contributed by atoms with E-state index in [0.717, 1.165) is 22.2 Å². The van der Waals surface area contributed by atoms with Crippen molar-refractivity contribution in [2.75, 3.05) is 26.5 Å². The molecular weight excluding hydrogens is 374 g/mol. The van der Waals surface area contributed by atoms with E-state index in [4.69, 9.17) is 4.74 Å². The lowest BCUT2D eigenvalue weighted by molar-refractivity contribution is 0.102. The number of hydrogen-bond acceptors (Lipinski definition) is 6. The molecule has 2 aromatic rings. The molecule has 1 N–H and O–H groups in total. The Morgan fingerprint density at radius 1 is 1.35 bits per heavy atom. The fraction of sp³-hybridized carbons (Fsp3) is 0.412. The van der Waals surface area contributed by atoms with Gasteiger partial charge in [-0.1, -0.05) is 6.92 Å². The number of nitrogens with one attached hydrogen (secondary N) is 1. The number of nitrogens with zero attached hydrogens (tertiary/aromatic N) is 2. The van der Waals surface area contributed by atoms with Gasteiger partial charge in [0.2, 0.25) is 10.0 Å². The van der Waals surface area contributed by atoms with Gasteiger partial charge in [-0.2, -0.15) is 0 Å². The SMILES string of the molecule is CCCc1nc(C)c(C(=O)Nc2cc(S(=O)(=O)N(C)C)ccc2OC)s1. The van der Waals surface area contributed by atoms with E-state index >= 15 is 0 Å². The molecule has 26 heavy (non-hydrogen) atoms. The van der Waals surface area contributed by atoms with Crippen LogP contribution >= 0.6 is 11.3 Å². The molecule has 142 valence electrons. The summed E-state index contributed by atoms with van der Waals surface area (Å²) in [6.07, 6.45) is 1.77. The number of aromatic nitrogens is 1. The molecule has 1 aromatic heterocycles. The zero-order valence-corrected chi connectivity index (χ0v) is 17.1. The summed E-state index contributed by atoms with van der Waals surface area (Å²) in [5.74, 6) is 0.0482. The van der Waals surface area contributed by atoms with Crippen molar-refractivity contribution < 1.29 is 17.9 Å². The molecule has 0 spiro atoms. The van der Waals surface area contributed by atoms with Crippen LogP contribution < -0.4 is 10.1 Å². The quantitative estimate of drug-likeness (QED) is 0.776. The molecule has 0 unspecified atom stereocenters. The lowest BCUT2D eigenvalue weighted by Crippen LogP contribution is -2.22. The van der Waals surface area contributed by atoms with Crippen LogP contribution in [0.1, 0.15) is 33.7 Å². The Labute approximate surface area is 158 Å². The fourth-order valence-electron chi connectivity index (χ4n) is 2.32. The number of anilines is 1. The molecule has 1 aromatic carbocycles. The first-order valence-corrected chi connectivity index (χ1v) is 10.3. The second-order valence-electron chi connectivity index (χ2n) is 5.88. The van der Waals surface area contributed by atoms with Crippen LogP contribution in [0, 0.1) is 6.92 Å². The number of amides is 1. The lowest BCUT2D eigenvalue weighted by atomic mass is 10.2. The average Bonchev–Trinajstić information content (AvgIpc) is 2.95. The molecule has 0 radical (unpaired) electrons. The van der Waals surface area contributed by atoms with Gasteiger partial charge in [0, 0.05) is 14.1 Å². The first-order valence-electron chi connectivity index (χ1n) is 8.09. The number of ether oxygens (including phenoxy) is 1. The van der Waals surface area contributed by atoms with Crippen LogP contribution in [0.5, 0.6) is 5.75 Å². The number of rotatable bonds is 7. The highest BCUT2D eigenvalue weighted by Gasteiger charge is 2.21. The fourth-order valence-corrected chi connectivity index (χ4v) is 4.31. The maximum atomic E-state index is 12.7. The number of hydrogen-bond donors (Lipinski definition) is 1. The van der Waals surface area contributed by atoms with Gasteiger partial charge in [-0.25, -0.2) is 17.7 Å². The molecule has 0 atom stereocenters. The minimum atomic E-state index is -3.62. The maximum absolute atomic E-state index is 12.7. The monoisotopic (exact) mass is 397 g/mol. The summed E-state index contributed by atoms with van der Waals surface area (Å²) < 4.78 is 31.0. The Morgan fingerprint density at radius 3 is 2.62 bits per heavy atom. The first kappa shape index (κ1) is 20.3. The molecule has 1 amide bonds. The first-order chi connectivity index (χ1) is 12.2. The number of carbonyl (C=O) groups is 1. The van der Waals surface area contributed by atoms with Gasteiger partial charge in [-0.3, -0.25) is 4.79 Å². The van der Waals surface area contributed by atoms with Gasteiger partial charge in [0.25, 0.3) is 5.91 Å². The molecule has 2 rings (SSSR count). The molecule has 7 nitrogen and oxygen atoms in total. The second kappa shape index (κ2) is 8.15. The predicted octanol–water partition coefficient (Wildman–Crippen LogP) is 2.92. The molecule has 0 fully saturated rings. The summed E-state index contributed by atoms with van der Waals surface area (Å²) in [4.78, 5) is 17.7. The number of benzene rings is 1. The normalized spacial score (nSPS) is 11.6. The maximum Gasteiger partial charge on any atom is 0.267 e. The van der Waals surface area contributed by atoms with Crippen LogP contribution in [0.25, 0.3) is 0 Å². The number of carbonyl (C=O) groups excluding carboxylic acids is 1. The van der Waals surface area contributed by atoms with Crippen LogP contribution in [0.3, 0.4) is 0 Å². The third kappa shape index (κ3) is 4.22. The highest BCUT2D eigenvalue weighted by molar-refractivity contribution is 7.89. The largest absolute Gasteiger partial charge is 0.495 e. The summed E-state index contributed by atoms with van der Waals surface area (Å²) >= 11 is 1.35. The topological polar surface area (TPSA) is 88.6 Å². The zero-order chi connectivity index (χ0) is 19.5. The molecule has 0 bridgehead atoms. The average molecular weight is 398 g/mol. The van der Waals surface area contributed by atoms with Gasteiger partial charge in [0.05, 0.1) is 28.4 Å². The zero-order valence-electron chi connectivity index (χ0n) is 15.5. The van der Waals surface area contributed by atoms with Crippen molar-refractivity contribution in [3.05, 3.63) is 33.8 Å². The van der Waals surface area contributed by atoms with Crippen molar-refractivity contribution >= 4 is 33.0 Å². The molecule has 1 heterocycles. The van der Waals surface area contributed by atoms with Crippen LogP contribution in [-0.2, 0) is 16.4 Å². The minimum absolute atomic E-state index is 0.0753. The van der Waals surface area contributed by atoms with Crippen molar-refractivity contribution in [3.8, 4) is 5.75 Å². The van der Waals surface area contributed by atoms with Gasteiger partial charge >= 0.3 is 0 Å². The molecule has 0 aliphatic rings. The molecule has 0 saturated carbocycles. The molecular formula is C17H23N3O4S2. The second-order valence-corrected chi connectivity index (χ2v) is 9.11. The Kier molecular flexibility index (Phi) is 6.38. The number of aryl methyl sites for hydroxylation is 2. The van der Waals surface area contributed by atoms with Crippen molar-refractivity contribution in [2.24, 2.45) is 0 Å². The standard InChI is InChI=1S/C17H23N3O4S2/c1-6-7-15-18-11(2)16(25-15)17(21)19-13-10-12(8-9-14(13)24-5)26(22,23)20(3)4/h8-10H,6-7H2,1-5H3,(H,19,21). The third-order valence-electron chi connectivity index (χ3n) is 3.71. The van der Waals surface area contributed by atoms with E-state index in [-0.39, 0.29) is 10.8 Å². The summed E-state index contributed by atoms with van der Waals surface area (Å²) in [7, 11) is 0.746. The van der Waals surface area contributed by atoms with E-state index in [9.17, 15) is 13.2 Å². The van der Waals surface area contributed by atoms with Crippen LogP contribution in [-0.4, -0.2) is 44.8 Å². The smallest absolute Gasteiger partial charge is 0.267 e. The van der Waals surface area contributed by atoms with Gasteiger partial charge in [-0.05, 0) is 38.0 Å². The van der Waals surface area contributed by atoms with Gasteiger partial charge < -0.3 is 10.1 Å². The Balaban J connectivity index is 2.37. The summed E-state index contributed by atoms with van der Waals surface area (Å²) in [6.45, 7) is 3.84. The summed E-state index contributed by atoms with van der Waals surface area (Å²) in [6, 6.07) is 4.37. The lowest BCUT2D eigenvalue weighted by Gasteiger charge is -2.15. The van der Waals surface area contributed by atoms with E-state index in [2.05, 4.69) is 17.2 Å². The number of thiazole rings is 1. The molecule has 9 heteroatoms. The van der Waals surface area contributed by atoms with Crippen molar-refractivity contribution in [1.82, 2.24) is 9.29 Å². The Hall–Kier alpha value is -1.97. The van der Waals surface area contributed by atoms with Crippen molar-refractivity contribution in [1.29, 1.82) is 0 Å². The minimum Gasteiger partial charge on any atom is -0.495 e. The summed E-state index contributed by atoms with van der Waals surface area (Å²) in [5.41, 5.74) is 0.956. The van der Waals surface area contributed by atoms with Gasteiger partial charge in [-0.15, -0.1) is 11.3 Å². The highest BCUT2D eigenvalue weighted by atomic mass is 32.2. The third-order valence-corrected chi connectivity index (χ3v) is 6.74. The highest BCUT2D eigenvalue weighted by Crippen LogP contribution is 2.30. The Bertz CT molecular complexity index is 905. The van der Waals surface area contributed by atoms with Crippen LogP contribution in [0.15, 0.2) is 23.1 Å². The van der Waals surface area contributed by atoms with E-state index < -0.39 is 10.0 Å². The van der Waals surface area contributed by atoms with Crippen LogP contribution in [0.2, 0.25) is 0 Å². The van der Waals surface area contributed by atoms with E-state index in [1.165, 1.54) is 50.7 Å². The van der Waals surface area contributed by atoms with Gasteiger partial charge in [0.15, 0.2) is 0 Å². The predicted molar refractivity (Wildman–Crippen MR) is 103 cm³/mol. The van der Waals surface area contributed by atoms with E-state index in [0.29, 0.717) is 22.0 Å². The summed E-state index contributed by atoms with van der Waals surface area (Å²) in [5, 5.41) is 3.66. The van der Waals surface area contributed by atoms with Crippen molar-refractivity contribution in [2.45, 2.75) is 31.6 Å². The number of methoxy groups -OCH3 is 1.